The number of aryl methyl sites for hydroxylation is 7. The maximum Gasteiger partial charge on any atom is 0.572 e. The maximum atomic E-state index is 14.6. The van der Waals surface area contributed by atoms with Gasteiger partial charge in [-0.05, 0) is 121 Å². The van der Waals surface area contributed by atoms with Gasteiger partial charge in [0.05, 0.1) is 44.1 Å². The molecule has 81 heavy (non-hydrogen) atoms. The zero-order chi connectivity index (χ0) is 55.1. The highest BCUT2D eigenvalue weighted by Gasteiger charge is 2.34. The zero-order valence-electron chi connectivity index (χ0n) is 46.0. The van der Waals surface area contributed by atoms with E-state index < -0.39 is 14.0 Å². The molecule has 0 radical (unpaired) electrons. The second-order valence-corrected chi connectivity index (χ2v) is 22.2. The monoisotopic (exact) mass is 1050 g/mol. The molecule has 0 fully saturated rings. The van der Waals surface area contributed by atoms with E-state index in [9.17, 15) is 8.63 Å². The van der Waals surface area contributed by atoms with Gasteiger partial charge in [0.2, 0.25) is 11.9 Å². The highest BCUT2D eigenvalue weighted by molar-refractivity contribution is 6.95. The maximum absolute atomic E-state index is 14.6. The van der Waals surface area contributed by atoms with Gasteiger partial charge in [-0.1, -0.05) is 177 Å². The summed E-state index contributed by atoms with van der Waals surface area (Å²) in [4.78, 5) is 17.4. The molecule has 0 N–H and O–H groups in total. The van der Waals surface area contributed by atoms with Crippen molar-refractivity contribution in [2.75, 3.05) is 0 Å². The van der Waals surface area contributed by atoms with E-state index in [0.29, 0.717) is 17.6 Å². The Morgan fingerprint density at radius 1 is 0.333 bits per heavy atom. The summed E-state index contributed by atoms with van der Waals surface area (Å²) in [6, 6.07) is 67.5. The van der Waals surface area contributed by atoms with Crippen LogP contribution in [-0.4, -0.2) is 47.2 Å². The molecule has 0 aliphatic rings. The summed E-state index contributed by atoms with van der Waals surface area (Å²) in [5.74, 6) is 0.942. The van der Waals surface area contributed by atoms with E-state index in [4.69, 9.17) is 15.0 Å². The molecule has 0 atom stereocenters. The minimum Gasteiger partial charge on any atom is -0.309 e. The Balaban J connectivity index is 1.11. The molecule has 10 aromatic carbocycles. The van der Waals surface area contributed by atoms with Crippen molar-refractivity contribution in [1.82, 2.24) is 33.2 Å². The molecule has 15 aromatic rings. The molecule has 0 unspecified atom stereocenters. The van der Waals surface area contributed by atoms with Crippen molar-refractivity contribution in [2.45, 2.75) is 48.5 Å². The Morgan fingerprint density at radius 2 is 0.741 bits per heavy atom. The molecule has 5 aromatic heterocycles. The third kappa shape index (κ3) is 7.30. The summed E-state index contributed by atoms with van der Waals surface area (Å²) in [5, 5.41) is 8.09. The van der Waals surface area contributed by atoms with E-state index in [2.05, 4.69) is 224 Å². The number of nitrogens with zero attached hydrogens (tertiary/aromatic N) is 7. The Labute approximate surface area is 467 Å². The van der Waals surface area contributed by atoms with Gasteiger partial charge in [-0.25, -0.2) is 9.97 Å². The normalized spacial score (nSPS) is 12.0. The Kier molecular flexibility index (Phi) is 10.9. The smallest absolute Gasteiger partial charge is 0.309 e. The van der Waals surface area contributed by atoms with Crippen molar-refractivity contribution in [3.05, 3.63) is 233 Å². The van der Waals surface area contributed by atoms with Gasteiger partial charge in [0, 0.05) is 54.5 Å². The van der Waals surface area contributed by atoms with Gasteiger partial charge >= 0.3 is 7.27 Å². The topological polar surface area (TPSA) is 58.4 Å². The average Bonchev–Trinajstić information content (AvgIpc) is 4.40. The van der Waals surface area contributed by atoms with E-state index in [1.54, 1.807) is 12.1 Å². The number of benzene rings is 10. The first kappa shape index (κ1) is 48.5. The predicted molar refractivity (Wildman–Crippen MR) is 335 cm³/mol. The van der Waals surface area contributed by atoms with Gasteiger partial charge in [0.25, 0.3) is 6.71 Å². The van der Waals surface area contributed by atoms with Crippen molar-refractivity contribution < 1.29 is 8.63 Å². The fourth-order valence-electron chi connectivity index (χ4n) is 13.9. The molecule has 0 bridgehead atoms. The Morgan fingerprint density at radius 3 is 1.21 bits per heavy atom. The van der Waals surface area contributed by atoms with Crippen LogP contribution in [0.2, 0.25) is 0 Å². The molecule has 0 amide bonds. The van der Waals surface area contributed by atoms with Crippen molar-refractivity contribution in [3.63, 3.8) is 0 Å². The SMILES string of the molecule is Cc1cc(C)c(B(c2nc(-n3c4ccccc4c4c3ccc3c5cc(C)ccc5n(-c5ccccc5)c34)nc(-n3c4ccccc4c4c3ccc3c5cc(B(F)F)ccc5n(-c5ccccc5)c34)n2)c2c(C)cc(C)cc2C)c(C)c1. The molecule has 0 spiro atoms. The van der Waals surface area contributed by atoms with Crippen LogP contribution in [0.25, 0.3) is 110 Å². The van der Waals surface area contributed by atoms with Crippen molar-refractivity contribution in [2.24, 2.45) is 0 Å². The van der Waals surface area contributed by atoms with Crippen LogP contribution in [0.3, 0.4) is 0 Å². The largest absolute Gasteiger partial charge is 0.572 e. The quantitative estimate of drug-likeness (QED) is 0.143. The average molecular weight is 1050 g/mol. The molecule has 0 saturated heterocycles. The van der Waals surface area contributed by atoms with E-state index >= 15 is 0 Å². The Bertz CT molecular complexity index is 5030. The molecule has 7 nitrogen and oxygen atoms in total. The number of hydrogen-bond donors (Lipinski definition) is 0. The number of fused-ring (bicyclic) bond motifs is 14. The first-order valence-electron chi connectivity index (χ1n) is 27.7. The molecular formula is C70H53B2F2N7. The molecule has 0 saturated carbocycles. The first-order chi connectivity index (χ1) is 39.4. The third-order valence-corrected chi connectivity index (χ3v) is 16.9. The lowest BCUT2D eigenvalue weighted by Gasteiger charge is -2.24. The zero-order valence-corrected chi connectivity index (χ0v) is 46.0. The summed E-state index contributed by atoms with van der Waals surface area (Å²) in [5.41, 5.74) is 20.8. The summed E-state index contributed by atoms with van der Waals surface area (Å²) in [7, 11) is -2.62. The van der Waals surface area contributed by atoms with Gasteiger partial charge in [-0.15, -0.1) is 0 Å². The number of hydrogen-bond acceptors (Lipinski definition) is 3. The number of aromatic nitrogens is 7. The molecule has 15 rings (SSSR count). The highest BCUT2D eigenvalue weighted by Crippen LogP contribution is 2.44. The third-order valence-electron chi connectivity index (χ3n) is 16.9. The number of para-hydroxylation sites is 4. The summed E-state index contributed by atoms with van der Waals surface area (Å²) < 4.78 is 38.3. The summed E-state index contributed by atoms with van der Waals surface area (Å²) >= 11 is 0. The molecule has 0 aliphatic carbocycles. The van der Waals surface area contributed by atoms with Crippen LogP contribution in [0.15, 0.2) is 194 Å². The minimum absolute atomic E-state index is 0.0162. The van der Waals surface area contributed by atoms with E-state index in [0.717, 1.165) is 126 Å². The predicted octanol–water partition coefficient (Wildman–Crippen LogP) is 14.6. The van der Waals surface area contributed by atoms with Crippen molar-refractivity contribution in [3.8, 4) is 23.3 Å². The second kappa shape index (κ2) is 18.2. The highest BCUT2D eigenvalue weighted by atomic mass is 19.2. The summed E-state index contributed by atoms with van der Waals surface area (Å²) in [6.45, 7) is 14.9. The second-order valence-electron chi connectivity index (χ2n) is 22.2. The molecular weight excluding hydrogens is 998 g/mol. The van der Waals surface area contributed by atoms with Crippen LogP contribution < -0.4 is 22.1 Å². The van der Waals surface area contributed by atoms with Crippen molar-refractivity contribution in [1.29, 1.82) is 0 Å². The molecule has 11 heteroatoms. The Hall–Kier alpha value is -9.60. The lowest BCUT2D eigenvalue weighted by atomic mass is 9.37. The van der Waals surface area contributed by atoms with Crippen LogP contribution in [-0.2, 0) is 0 Å². The minimum atomic E-state index is -2.62. The van der Waals surface area contributed by atoms with E-state index in [1.165, 1.54) is 22.1 Å². The van der Waals surface area contributed by atoms with Gasteiger partial charge in [-0.3, -0.25) is 17.8 Å². The van der Waals surface area contributed by atoms with E-state index in [1.807, 2.05) is 24.3 Å². The van der Waals surface area contributed by atoms with Crippen LogP contribution in [0.5, 0.6) is 0 Å². The lowest BCUT2D eigenvalue weighted by Crippen LogP contribution is -2.58. The van der Waals surface area contributed by atoms with Crippen LogP contribution >= 0.6 is 0 Å². The van der Waals surface area contributed by atoms with Gasteiger partial charge < -0.3 is 9.13 Å². The van der Waals surface area contributed by atoms with Gasteiger partial charge in [0.1, 0.15) is 5.72 Å². The van der Waals surface area contributed by atoms with Gasteiger partial charge in [-0.2, -0.15) is 4.98 Å². The van der Waals surface area contributed by atoms with E-state index in [-0.39, 0.29) is 5.46 Å². The molecule has 5 heterocycles. The number of halogens is 2. The first-order valence-corrected chi connectivity index (χ1v) is 27.7. The van der Waals surface area contributed by atoms with Crippen LogP contribution in [0.1, 0.15) is 38.9 Å². The van der Waals surface area contributed by atoms with Gasteiger partial charge in [0.15, 0.2) is 0 Å². The van der Waals surface area contributed by atoms with Crippen LogP contribution in [0.4, 0.5) is 8.63 Å². The standard InChI is InChI=1S/C70H53B2F2N7/c1-40-26-30-58-54(38-40)50-28-32-60-62(66(50)78(58)48-18-10-8-11-19-48)52-22-14-16-24-56(52)80(60)69-75-68(71(64-43(4)34-41(2)35-44(64)5)65-45(6)36-42(3)37-46(65)7)76-70(77-69)81-57-25-17-15-23-53(57)63-61(81)33-29-51-55-39-47(72(73)74)27-31-59(55)79(67(51)63)49-20-12-9-13-21-49/h8-39H,1-7H3. The number of rotatable bonds is 8. The molecule has 388 valence electrons. The van der Waals surface area contributed by atoms with Crippen LogP contribution in [0, 0.1) is 48.5 Å². The fourth-order valence-corrected chi connectivity index (χ4v) is 13.9. The lowest BCUT2D eigenvalue weighted by molar-refractivity contribution is 0.685. The fraction of sp³-hybridized carbons (Fsp3) is 0.100. The summed E-state index contributed by atoms with van der Waals surface area (Å²) in [6.07, 6.45) is 0. The van der Waals surface area contributed by atoms with Crippen molar-refractivity contribution >= 4 is 123 Å². The molecule has 0 aliphatic heterocycles.